The van der Waals surface area contributed by atoms with Crippen molar-refractivity contribution in [1.82, 2.24) is 0 Å². The zero-order chi connectivity index (χ0) is 20.0. The fourth-order valence-corrected chi connectivity index (χ4v) is 2.80. The Hall–Kier alpha value is -2.68. The molecule has 27 heavy (non-hydrogen) atoms. The average molecular weight is 441 g/mol. The Kier molecular flexibility index (Phi) is 7.12. The molecule has 0 fully saturated rings. The van der Waals surface area contributed by atoms with Gasteiger partial charge < -0.3 is 14.8 Å². The van der Waals surface area contributed by atoms with E-state index < -0.39 is 16.6 Å². The van der Waals surface area contributed by atoms with Crippen LogP contribution in [0.4, 0.5) is 15.8 Å². The molecule has 144 valence electrons. The molecule has 0 aliphatic rings. The van der Waals surface area contributed by atoms with Crippen LogP contribution in [0.5, 0.6) is 11.5 Å². The normalized spacial score (nSPS) is 10.4. The summed E-state index contributed by atoms with van der Waals surface area (Å²) in [6.45, 7) is 4.55. The first-order chi connectivity index (χ1) is 12.8. The van der Waals surface area contributed by atoms with Crippen LogP contribution in [-0.2, 0) is 11.2 Å². The van der Waals surface area contributed by atoms with E-state index in [2.05, 4.69) is 21.2 Å². The summed E-state index contributed by atoms with van der Waals surface area (Å²) in [5, 5.41) is 13.2. The predicted molar refractivity (Wildman–Crippen MR) is 102 cm³/mol. The van der Waals surface area contributed by atoms with Gasteiger partial charge in [-0.25, -0.2) is 4.39 Å². The molecule has 2 aromatic carbocycles. The number of carbonyl (C=O) groups is 1. The Morgan fingerprint density at radius 2 is 1.81 bits per heavy atom. The number of halogens is 2. The molecule has 0 aromatic heterocycles. The van der Waals surface area contributed by atoms with Gasteiger partial charge in [-0.15, -0.1) is 0 Å². The lowest BCUT2D eigenvalue weighted by Gasteiger charge is -2.14. The first-order valence-electron chi connectivity index (χ1n) is 8.17. The number of benzene rings is 2. The number of hydrogen-bond acceptors (Lipinski definition) is 5. The molecular formula is C18H18BrFN2O5. The van der Waals surface area contributed by atoms with Crippen LogP contribution < -0.4 is 14.8 Å². The standard InChI is InChI=1S/C18H18BrFN2O5/c1-3-26-16-7-11(13(19)10-17(16)27-4-2)8-18(23)21-15-9-12(22(24)25)5-6-14(15)20/h5-7,9-10H,3-4,8H2,1-2H3,(H,21,23). The van der Waals surface area contributed by atoms with Crippen LogP contribution in [0.3, 0.4) is 0 Å². The van der Waals surface area contributed by atoms with Crippen molar-refractivity contribution in [2.24, 2.45) is 0 Å². The van der Waals surface area contributed by atoms with Crippen molar-refractivity contribution in [3.05, 3.63) is 56.3 Å². The van der Waals surface area contributed by atoms with Gasteiger partial charge in [-0.3, -0.25) is 14.9 Å². The number of nitrogens with one attached hydrogen (secondary N) is 1. The van der Waals surface area contributed by atoms with Gasteiger partial charge in [0.1, 0.15) is 5.82 Å². The summed E-state index contributed by atoms with van der Waals surface area (Å²) < 4.78 is 25.5. The molecule has 7 nitrogen and oxygen atoms in total. The molecular weight excluding hydrogens is 423 g/mol. The first-order valence-corrected chi connectivity index (χ1v) is 8.96. The summed E-state index contributed by atoms with van der Waals surface area (Å²) in [7, 11) is 0. The average Bonchev–Trinajstić information content (AvgIpc) is 2.61. The zero-order valence-corrected chi connectivity index (χ0v) is 16.3. The Bertz CT molecular complexity index is 860. The van der Waals surface area contributed by atoms with Crippen molar-refractivity contribution in [2.75, 3.05) is 18.5 Å². The maximum Gasteiger partial charge on any atom is 0.271 e. The van der Waals surface area contributed by atoms with E-state index in [0.717, 1.165) is 18.2 Å². The molecule has 0 atom stereocenters. The molecule has 0 aliphatic heterocycles. The molecule has 0 bridgehead atoms. The lowest BCUT2D eigenvalue weighted by atomic mass is 10.1. The summed E-state index contributed by atoms with van der Waals surface area (Å²) in [6.07, 6.45) is -0.0881. The summed E-state index contributed by atoms with van der Waals surface area (Å²) >= 11 is 3.38. The first kappa shape index (κ1) is 20.6. The minimum absolute atomic E-state index is 0.0881. The van der Waals surface area contributed by atoms with Gasteiger partial charge in [0.2, 0.25) is 5.91 Å². The van der Waals surface area contributed by atoms with Crippen LogP contribution in [0.25, 0.3) is 0 Å². The number of rotatable bonds is 8. The number of amides is 1. The van der Waals surface area contributed by atoms with Crippen molar-refractivity contribution in [3.63, 3.8) is 0 Å². The number of nitro benzene ring substituents is 1. The number of nitro groups is 1. The summed E-state index contributed by atoms with van der Waals surface area (Å²) in [5.41, 5.74) is 0.0408. The fourth-order valence-electron chi connectivity index (χ4n) is 2.34. The van der Waals surface area contributed by atoms with Crippen LogP contribution >= 0.6 is 15.9 Å². The van der Waals surface area contributed by atoms with Gasteiger partial charge in [0.05, 0.1) is 30.2 Å². The lowest BCUT2D eigenvalue weighted by Crippen LogP contribution is -2.16. The molecule has 1 N–H and O–H groups in total. The highest BCUT2D eigenvalue weighted by molar-refractivity contribution is 9.10. The SMILES string of the molecule is CCOc1cc(Br)c(CC(=O)Nc2cc([N+](=O)[O-])ccc2F)cc1OCC. The van der Waals surface area contributed by atoms with Crippen LogP contribution in [-0.4, -0.2) is 24.0 Å². The number of anilines is 1. The van der Waals surface area contributed by atoms with E-state index in [1.807, 2.05) is 13.8 Å². The fraction of sp³-hybridized carbons (Fsp3) is 0.278. The van der Waals surface area contributed by atoms with E-state index in [1.165, 1.54) is 0 Å². The number of non-ortho nitro benzene ring substituents is 1. The van der Waals surface area contributed by atoms with Gasteiger partial charge in [-0.1, -0.05) is 15.9 Å². The summed E-state index contributed by atoms with van der Waals surface area (Å²) in [6, 6.07) is 6.31. The third-order valence-electron chi connectivity index (χ3n) is 3.50. The van der Waals surface area contributed by atoms with Crippen molar-refractivity contribution in [2.45, 2.75) is 20.3 Å². The zero-order valence-electron chi connectivity index (χ0n) is 14.8. The molecule has 0 saturated carbocycles. The van der Waals surface area contributed by atoms with E-state index in [1.54, 1.807) is 12.1 Å². The van der Waals surface area contributed by atoms with Crippen LogP contribution in [0, 0.1) is 15.9 Å². The third-order valence-corrected chi connectivity index (χ3v) is 4.24. The number of ether oxygens (including phenoxy) is 2. The molecule has 0 heterocycles. The number of nitrogens with zero attached hydrogens (tertiary/aromatic N) is 1. The highest BCUT2D eigenvalue weighted by atomic mass is 79.9. The minimum atomic E-state index is -0.755. The predicted octanol–water partition coefficient (Wildman–Crippen LogP) is 4.48. The van der Waals surface area contributed by atoms with Gasteiger partial charge >= 0.3 is 0 Å². The maximum absolute atomic E-state index is 13.8. The molecule has 9 heteroatoms. The van der Waals surface area contributed by atoms with E-state index >= 15 is 0 Å². The molecule has 2 aromatic rings. The van der Waals surface area contributed by atoms with Gasteiger partial charge in [0.25, 0.3) is 5.69 Å². The molecule has 1 amide bonds. The van der Waals surface area contributed by atoms with Crippen LogP contribution in [0.2, 0.25) is 0 Å². The smallest absolute Gasteiger partial charge is 0.271 e. The Morgan fingerprint density at radius 1 is 1.19 bits per heavy atom. The van der Waals surface area contributed by atoms with E-state index in [4.69, 9.17) is 9.47 Å². The van der Waals surface area contributed by atoms with Gasteiger partial charge in [0, 0.05) is 16.6 Å². The van der Waals surface area contributed by atoms with E-state index in [0.29, 0.717) is 34.7 Å². The third kappa shape index (κ3) is 5.40. The van der Waals surface area contributed by atoms with Crippen molar-refractivity contribution >= 4 is 33.2 Å². The highest BCUT2D eigenvalue weighted by Gasteiger charge is 2.16. The largest absolute Gasteiger partial charge is 0.490 e. The van der Waals surface area contributed by atoms with Crippen LogP contribution in [0.15, 0.2) is 34.8 Å². The van der Waals surface area contributed by atoms with Crippen molar-refractivity contribution < 1.29 is 23.6 Å². The minimum Gasteiger partial charge on any atom is -0.490 e. The topological polar surface area (TPSA) is 90.7 Å². The maximum atomic E-state index is 13.8. The summed E-state index contributed by atoms with van der Waals surface area (Å²) in [5.74, 6) is -0.247. The van der Waals surface area contributed by atoms with Crippen LogP contribution in [0.1, 0.15) is 19.4 Å². The molecule has 0 radical (unpaired) electrons. The Morgan fingerprint density at radius 3 is 2.41 bits per heavy atom. The molecule has 0 saturated heterocycles. The van der Waals surface area contributed by atoms with E-state index in [9.17, 15) is 19.3 Å². The summed E-state index contributed by atoms with van der Waals surface area (Å²) in [4.78, 5) is 22.5. The lowest BCUT2D eigenvalue weighted by molar-refractivity contribution is -0.384. The highest BCUT2D eigenvalue weighted by Crippen LogP contribution is 2.34. The monoisotopic (exact) mass is 440 g/mol. The Labute approximate surface area is 163 Å². The van der Waals surface area contributed by atoms with Gasteiger partial charge in [-0.05, 0) is 37.6 Å². The van der Waals surface area contributed by atoms with Gasteiger partial charge in [-0.2, -0.15) is 0 Å². The van der Waals surface area contributed by atoms with Gasteiger partial charge in [0.15, 0.2) is 11.5 Å². The Balaban J connectivity index is 2.21. The molecule has 0 aliphatic carbocycles. The molecule has 0 spiro atoms. The van der Waals surface area contributed by atoms with Crippen molar-refractivity contribution in [3.8, 4) is 11.5 Å². The second-order valence-corrected chi connectivity index (χ2v) is 6.26. The van der Waals surface area contributed by atoms with Crippen molar-refractivity contribution in [1.29, 1.82) is 0 Å². The number of hydrogen-bond donors (Lipinski definition) is 1. The van der Waals surface area contributed by atoms with E-state index in [-0.39, 0.29) is 17.8 Å². The molecule has 0 unspecified atom stereocenters. The second-order valence-electron chi connectivity index (χ2n) is 5.40. The number of carbonyl (C=O) groups excluding carboxylic acids is 1. The second kappa shape index (κ2) is 9.31. The quantitative estimate of drug-likeness (QED) is 0.482. The molecule has 2 rings (SSSR count).